The minimum Gasteiger partial charge on any atom is -0.506 e. The molecule has 0 aliphatic carbocycles. The topological polar surface area (TPSA) is 54.3 Å². The minimum atomic E-state index is 0. The van der Waals surface area contributed by atoms with Crippen LogP contribution in [-0.2, 0) is 0 Å². The summed E-state index contributed by atoms with van der Waals surface area (Å²) in [7, 11) is 1.87. The Morgan fingerprint density at radius 2 is 1.89 bits per heavy atom. The Labute approximate surface area is 187 Å². The smallest absolute Gasteiger partial charge is 0.193 e. The van der Waals surface area contributed by atoms with Gasteiger partial charge in [-0.15, -0.1) is 24.0 Å². The van der Waals surface area contributed by atoms with Gasteiger partial charge in [-0.05, 0) is 37.4 Å². The van der Waals surface area contributed by atoms with Gasteiger partial charge in [-0.3, -0.25) is 9.89 Å². The van der Waals surface area contributed by atoms with Crippen molar-refractivity contribution >= 4 is 35.6 Å². The number of hydrogen-bond acceptors (Lipinski definition) is 4. The quantitative estimate of drug-likeness (QED) is 0.369. The van der Waals surface area contributed by atoms with Gasteiger partial charge in [-0.1, -0.05) is 26.0 Å². The Morgan fingerprint density at radius 1 is 1.18 bits per heavy atom. The molecule has 0 bridgehead atoms. The summed E-state index contributed by atoms with van der Waals surface area (Å²) in [6.07, 6.45) is 2.58. The molecule has 7 heteroatoms. The van der Waals surface area contributed by atoms with E-state index >= 15 is 0 Å². The number of piperazine rings is 1. The second-order valence-corrected chi connectivity index (χ2v) is 8.08. The van der Waals surface area contributed by atoms with Crippen LogP contribution in [0, 0.1) is 5.92 Å². The van der Waals surface area contributed by atoms with E-state index in [1.165, 1.54) is 25.9 Å². The van der Waals surface area contributed by atoms with Crippen LogP contribution in [0.3, 0.4) is 0 Å². The van der Waals surface area contributed by atoms with Crippen molar-refractivity contribution in [3.05, 3.63) is 24.3 Å². The SMILES string of the molecule is CN=C(NC[C@H]1CCCN1CC(C)C)N1CCN(c2ccccc2O)CC1.I. The maximum absolute atomic E-state index is 10.1. The molecular formula is C21H36IN5O. The van der Waals surface area contributed by atoms with E-state index in [9.17, 15) is 5.11 Å². The predicted octanol–water partition coefficient (Wildman–Crippen LogP) is 2.83. The number of benzene rings is 1. The summed E-state index contributed by atoms with van der Waals surface area (Å²) in [5.41, 5.74) is 0.926. The molecule has 2 N–H and O–H groups in total. The first-order valence-electron chi connectivity index (χ1n) is 10.3. The van der Waals surface area contributed by atoms with E-state index < -0.39 is 0 Å². The maximum Gasteiger partial charge on any atom is 0.193 e. The second-order valence-electron chi connectivity index (χ2n) is 8.08. The van der Waals surface area contributed by atoms with Crippen molar-refractivity contribution < 1.29 is 5.11 Å². The van der Waals surface area contributed by atoms with Gasteiger partial charge >= 0.3 is 0 Å². The molecule has 0 radical (unpaired) electrons. The highest BCUT2D eigenvalue weighted by molar-refractivity contribution is 14.0. The van der Waals surface area contributed by atoms with Gasteiger partial charge in [0.2, 0.25) is 0 Å². The van der Waals surface area contributed by atoms with Crippen LogP contribution in [0.15, 0.2) is 29.3 Å². The number of aliphatic imine (C=N–C) groups is 1. The number of rotatable bonds is 5. The van der Waals surface area contributed by atoms with Crippen molar-refractivity contribution in [2.75, 3.05) is 57.8 Å². The van der Waals surface area contributed by atoms with E-state index in [2.05, 4.69) is 38.9 Å². The van der Waals surface area contributed by atoms with Crippen molar-refractivity contribution in [3.63, 3.8) is 0 Å². The highest BCUT2D eigenvalue weighted by Gasteiger charge is 2.26. The van der Waals surface area contributed by atoms with E-state index in [1.54, 1.807) is 6.07 Å². The van der Waals surface area contributed by atoms with Crippen LogP contribution in [0.2, 0.25) is 0 Å². The third-order valence-corrected chi connectivity index (χ3v) is 5.61. The maximum atomic E-state index is 10.1. The molecule has 1 aromatic rings. The average molecular weight is 501 g/mol. The summed E-state index contributed by atoms with van der Waals surface area (Å²) in [6, 6.07) is 8.21. The lowest BCUT2D eigenvalue weighted by molar-refractivity contribution is 0.225. The van der Waals surface area contributed by atoms with E-state index in [0.717, 1.165) is 44.4 Å². The Kier molecular flexibility index (Phi) is 9.14. The number of hydrogen-bond donors (Lipinski definition) is 2. The molecule has 0 aromatic heterocycles. The number of anilines is 1. The molecule has 0 unspecified atom stereocenters. The first-order chi connectivity index (χ1) is 13.1. The zero-order valence-corrected chi connectivity index (χ0v) is 19.8. The number of para-hydroxylation sites is 2. The Bertz CT molecular complexity index is 631. The van der Waals surface area contributed by atoms with Crippen molar-refractivity contribution in [2.24, 2.45) is 10.9 Å². The average Bonchev–Trinajstić information content (AvgIpc) is 3.09. The third kappa shape index (κ3) is 5.89. The van der Waals surface area contributed by atoms with Crippen molar-refractivity contribution in [3.8, 4) is 5.75 Å². The lowest BCUT2D eigenvalue weighted by Crippen LogP contribution is -2.54. The van der Waals surface area contributed by atoms with Crippen LogP contribution in [0.25, 0.3) is 0 Å². The van der Waals surface area contributed by atoms with Crippen LogP contribution >= 0.6 is 24.0 Å². The number of likely N-dealkylation sites (tertiary alicyclic amines) is 1. The number of nitrogens with one attached hydrogen (secondary N) is 1. The molecule has 0 saturated carbocycles. The molecule has 2 aliphatic heterocycles. The van der Waals surface area contributed by atoms with Crippen molar-refractivity contribution in [1.29, 1.82) is 0 Å². The van der Waals surface area contributed by atoms with Gasteiger partial charge < -0.3 is 20.2 Å². The molecule has 1 aromatic carbocycles. The molecule has 2 saturated heterocycles. The number of halogens is 1. The first kappa shape index (κ1) is 23.1. The molecule has 2 fully saturated rings. The number of guanidine groups is 1. The Hall–Kier alpha value is -1.22. The van der Waals surface area contributed by atoms with Crippen LogP contribution in [0.1, 0.15) is 26.7 Å². The van der Waals surface area contributed by atoms with E-state index in [1.807, 2.05) is 25.2 Å². The van der Waals surface area contributed by atoms with Gasteiger partial charge in [0.15, 0.2) is 5.96 Å². The molecule has 3 rings (SSSR count). The fourth-order valence-corrected chi connectivity index (χ4v) is 4.27. The van der Waals surface area contributed by atoms with Gasteiger partial charge in [0.05, 0.1) is 5.69 Å². The highest BCUT2D eigenvalue weighted by atomic mass is 127. The molecule has 158 valence electrons. The van der Waals surface area contributed by atoms with Gasteiger partial charge in [0.25, 0.3) is 0 Å². The van der Waals surface area contributed by atoms with Crippen LogP contribution in [0.5, 0.6) is 5.75 Å². The molecule has 0 amide bonds. The summed E-state index contributed by atoms with van der Waals surface area (Å²) in [5.74, 6) is 2.08. The molecule has 1 atom stereocenters. The summed E-state index contributed by atoms with van der Waals surface area (Å²) < 4.78 is 0. The first-order valence-corrected chi connectivity index (χ1v) is 10.3. The van der Waals surface area contributed by atoms with E-state index in [0.29, 0.717) is 17.7 Å². The monoisotopic (exact) mass is 501 g/mol. The van der Waals surface area contributed by atoms with Crippen molar-refractivity contribution in [2.45, 2.75) is 32.7 Å². The number of aromatic hydroxyl groups is 1. The Morgan fingerprint density at radius 3 is 2.54 bits per heavy atom. The van der Waals surface area contributed by atoms with Gasteiger partial charge in [0, 0.05) is 52.4 Å². The summed E-state index contributed by atoms with van der Waals surface area (Å²) in [5, 5.41) is 13.7. The Balaban J connectivity index is 0.00000280. The summed E-state index contributed by atoms with van der Waals surface area (Å²) >= 11 is 0. The zero-order valence-electron chi connectivity index (χ0n) is 17.5. The molecule has 2 heterocycles. The number of nitrogens with zero attached hydrogens (tertiary/aromatic N) is 4. The molecule has 2 aliphatic rings. The van der Waals surface area contributed by atoms with Gasteiger partial charge in [0.1, 0.15) is 5.75 Å². The zero-order chi connectivity index (χ0) is 19.2. The number of phenols is 1. The minimum absolute atomic E-state index is 0. The lowest BCUT2D eigenvalue weighted by atomic mass is 10.1. The van der Waals surface area contributed by atoms with Crippen LogP contribution in [0.4, 0.5) is 5.69 Å². The van der Waals surface area contributed by atoms with E-state index in [4.69, 9.17) is 0 Å². The van der Waals surface area contributed by atoms with E-state index in [-0.39, 0.29) is 24.0 Å². The van der Waals surface area contributed by atoms with Gasteiger partial charge in [-0.25, -0.2) is 0 Å². The standard InChI is InChI=1S/C21H35N5O.HI/c1-17(2)16-26-10-6-7-18(26)15-23-21(22-3)25-13-11-24(12-14-25)19-8-4-5-9-20(19)27;/h4-5,8-9,17-18,27H,6-7,10-16H2,1-3H3,(H,22,23);1H/t18-;/m1./s1. The van der Waals surface area contributed by atoms with Crippen LogP contribution in [-0.4, -0.2) is 79.8 Å². The normalized spacial score (nSPS) is 21.1. The molecule has 6 nitrogen and oxygen atoms in total. The lowest BCUT2D eigenvalue weighted by Gasteiger charge is -2.38. The summed E-state index contributed by atoms with van der Waals surface area (Å²) in [6.45, 7) is 11.6. The fraction of sp³-hybridized carbons (Fsp3) is 0.667. The molecule has 28 heavy (non-hydrogen) atoms. The summed E-state index contributed by atoms with van der Waals surface area (Å²) in [4.78, 5) is 11.7. The number of phenolic OH excluding ortho intramolecular Hbond substituents is 1. The molecular weight excluding hydrogens is 465 g/mol. The van der Waals surface area contributed by atoms with Gasteiger partial charge in [-0.2, -0.15) is 0 Å². The predicted molar refractivity (Wildman–Crippen MR) is 128 cm³/mol. The largest absolute Gasteiger partial charge is 0.506 e. The third-order valence-electron chi connectivity index (χ3n) is 5.61. The van der Waals surface area contributed by atoms with Crippen molar-refractivity contribution in [1.82, 2.24) is 15.1 Å². The van der Waals surface area contributed by atoms with Crippen LogP contribution < -0.4 is 10.2 Å². The second kappa shape index (κ2) is 11.1. The molecule has 0 spiro atoms. The highest BCUT2D eigenvalue weighted by Crippen LogP contribution is 2.27. The fourth-order valence-electron chi connectivity index (χ4n) is 4.27.